The molecule has 0 spiro atoms. The largest absolute Gasteiger partial charge is 0.307 e. The van der Waals surface area contributed by atoms with Gasteiger partial charge in [0.1, 0.15) is 0 Å². The van der Waals surface area contributed by atoms with Crippen molar-refractivity contribution in [3.05, 3.63) is 0 Å². The molecule has 0 aromatic carbocycles. The fourth-order valence-corrected chi connectivity index (χ4v) is 1.23. The fourth-order valence-electron chi connectivity index (χ4n) is 1.01. The van der Waals surface area contributed by atoms with Gasteiger partial charge < -0.3 is 4.90 Å². The third kappa shape index (κ3) is 8.21. The van der Waals surface area contributed by atoms with Gasteiger partial charge in [-0.05, 0) is 38.7 Å². The van der Waals surface area contributed by atoms with Crippen LogP contribution in [0.5, 0.6) is 0 Å². The molecule has 0 aromatic rings. The van der Waals surface area contributed by atoms with Gasteiger partial charge in [0.05, 0.1) is 0 Å². The Bertz CT molecular complexity index is 76.0. The molecule has 2 heteroatoms. The summed E-state index contributed by atoms with van der Waals surface area (Å²) < 4.78 is 0. The summed E-state index contributed by atoms with van der Waals surface area (Å²) >= 11 is 4.17. The molecule has 11 heavy (non-hydrogen) atoms. The van der Waals surface area contributed by atoms with E-state index in [1.807, 2.05) is 0 Å². The average molecular weight is 175 g/mol. The van der Waals surface area contributed by atoms with E-state index in [4.69, 9.17) is 0 Å². The van der Waals surface area contributed by atoms with E-state index in [2.05, 4.69) is 31.5 Å². The first-order valence-corrected chi connectivity index (χ1v) is 5.24. The minimum absolute atomic E-state index is 1.05. The zero-order valence-electron chi connectivity index (χ0n) is 7.84. The van der Waals surface area contributed by atoms with Crippen molar-refractivity contribution in [2.75, 3.05) is 25.9 Å². The molecule has 0 rings (SSSR count). The maximum absolute atomic E-state index is 4.17. The second-order valence-electron chi connectivity index (χ2n) is 3.03. The molecule has 0 saturated carbocycles. The Balaban J connectivity index is 2.89. The van der Waals surface area contributed by atoms with Gasteiger partial charge in [0, 0.05) is 0 Å². The topological polar surface area (TPSA) is 3.24 Å². The van der Waals surface area contributed by atoms with Crippen LogP contribution in [0.3, 0.4) is 0 Å². The van der Waals surface area contributed by atoms with Crippen LogP contribution in [0.15, 0.2) is 0 Å². The number of hydrogen-bond donors (Lipinski definition) is 1. The van der Waals surface area contributed by atoms with E-state index < -0.39 is 0 Å². The Labute approximate surface area is 76.6 Å². The molecule has 0 saturated heterocycles. The van der Waals surface area contributed by atoms with Gasteiger partial charge in [0.2, 0.25) is 0 Å². The molecular formula is C9H21NS. The molecular weight excluding hydrogens is 154 g/mol. The van der Waals surface area contributed by atoms with E-state index in [1.165, 1.54) is 38.8 Å². The van der Waals surface area contributed by atoms with Crippen molar-refractivity contribution in [2.24, 2.45) is 0 Å². The Morgan fingerprint density at radius 3 is 2.27 bits per heavy atom. The van der Waals surface area contributed by atoms with Gasteiger partial charge in [-0.3, -0.25) is 0 Å². The summed E-state index contributed by atoms with van der Waals surface area (Å²) in [7, 11) is 2.18. The lowest BCUT2D eigenvalue weighted by atomic mass is 10.2. The third-order valence-corrected chi connectivity index (χ3v) is 2.30. The maximum Gasteiger partial charge on any atom is -0.00219 e. The van der Waals surface area contributed by atoms with Crippen LogP contribution in [0.25, 0.3) is 0 Å². The molecule has 0 bridgehead atoms. The lowest BCUT2D eigenvalue weighted by Crippen LogP contribution is -2.18. The first-order valence-electron chi connectivity index (χ1n) is 4.60. The van der Waals surface area contributed by atoms with Crippen LogP contribution in [-0.2, 0) is 0 Å². The van der Waals surface area contributed by atoms with Crippen molar-refractivity contribution in [2.45, 2.75) is 32.6 Å². The van der Waals surface area contributed by atoms with Gasteiger partial charge in [-0.15, -0.1) is 0 Å². The third-order valence-electron chi connectivity index (χ3n) is 1.99. The Hall–Kier alpha value is 0.310. The Morgan fingerprint density at radius 1 is 1.09 bits per heavy atom. The lowest BCUT2D eigenvalue weighted by Gasteiger charge is -2.12. The van der Waals surface area contributed by atoms with Crippen LogP contribution < -0.4 is 0 Å². The minimum Gasteiger partial charge on any atom is -0.307 e. The molecule has 0 unspecified atom stereocenters. The standard InChI is InChI=1S/C9H21NS/c1-3-10(2)8-6-4-5-7-9-11/h11H,3-9H2,1-2H3. The quantitative estimate of drug-likeness (QED) is 0.459. The Morgan fingerprint density at radius 2 is 1.73 bits per heavy atom. The van der Waals surface area contributed by atoms with E-state index in [0.717, 1.165) is 5.75 Å². The molecule has 0 aliphatic carbocycles. The van der Waals surface area contributed by atoms with Crippen LogP contribution in [0, 0.1) is 0 Å². The van der Waals surface area contributed by atoms with E-state index >= 15 is 0 Å². The van der Waals surface area contributed by atoms with Gasteiger partial charge in [-0.1, -0.05) is 19.8 Å². The number of thiol groups is 1. The number of nitrogens with zero attached hydrogens (tertiary/aromatic N) is 1. The molecule has 1 nitrogen and oxygen atoms in total. The smallest absolute Gasteiger partial charge is 0.00219 e. The van der Waals surface area contributed by atoms with Crippen molar-refractivity contribution < 1.29 is 0 Å². The summed E-state index contributed by atoms with van der Waals surface area (Å²) in [5.41, 5.74) is 0. The van der Waals surface area contributed by atoms with Crippen molar-refractivity contribution in [3.8, 4) is 0 Å². The van der Waals surface area contributed by atoms with E-state index in [0.29, 0.717) is 0 Å². The van der Waals surface area contributed by atoms with Crippen molar-refractivity contribution in [1.82, 2.24) is 4.90 Å². The predicted octanol–water partition coefficient (Wildman–Crippen LogP) is 2.43. The summed E-state index contributed by atoms with van der Waals surface area (Å²) in [5.74, 6) is 1.05. The van der Waals surface area contributed by atoms with E-state index in [-0.39, 0.29) is 0 Å². The number of unbranched alkanes of at least 4 members (excludes halogenated alkanes) is 3. The number of hydrogen-bond acceptors (Lipinski definition) is 2. The summed E-state index contributed by atoms with van der Waals surface area (Å²) in [4.78, 5) is 2.36. The number of rotatable bonds is 7. The molecule has 0 amide bonds. The summed E-state index contributed by atoms with van der Waals surface area (Å²) in [5, 5.41) is 0. The van der Waals surface area contributed by atoms with Crippen molar-refractivity contribution in [1.29, 1.82) is 0 Å². The molecule has 0 heterocycles. The van der Waals surface area contributed by atoms with Crippen LogP contribution in [-0.4, -0.2) is 30.8 Å². The second kappa shape index (κ2) is 8.41. The molecule has 68 valence electrons. The highest BCUT2D eigenvalue weighted by molar-refractivity contribution is 7.80. The van der Waals surface area contributed by atoms with Gasteiger partial charge >= 0.3 is 0 Å². The predicted molar refractivity (Wildman–Crippen MR) is 55.5 cm³/mol. The molecule has 0 atom stereocenters. The van der Waals surface area contributed by atoms with Crippen LogP contribution >= 0.6 is 12.6 Å². The van der Waals surface area contributed by atoms with E-state index in [1.54, 1.807) is 0 Å². The van der Waals surface area contributed by atoms with Crippen LogP contribution in [0.2, 0.25) is 0 Å². The van der Waals surface area contributed by atoms with Crippen LogP contribution in [0.1, 0.15) is 32.6 Å². The van der Waals surface area contributed by atoms with Gasteiger partial charge in [0.15, 0.2) is 0 Å². The normalized spacial score (nSPS) is 10.9. The summed E-state index contributed by atoms with van der Waals surface area (Å²) in [6.07, 6.45) is 5.34. The van der Waals surface area contributed by atoms with Gasteiger partial charge in [-0.2, -0.15) is 12.6 Å². The fraction of sp³-hybridized carbons (Fsp3) is 1.00. The summed E-state index contributed by atoms with van der Waals surface area (Å²) in [6.45, 7) is 4.63. The SMILES string of the molecule is CCN(C)CCCCCCS. The van der Waals surface area contributed by atoms with Crippen LogP contribution in [0.4, 0.5) is 0 Å². The zero-order chi connectivity index (χ0) is 8.53. The highest BCUT2D eigenvalue weighted by Crippen LogP contribution is 2.01. The molecule has 0 aromatic heterocycles. The monoisotopic (exact) mass is 175 g/mol. The lowest BCUT2D eigenvalue weighted by molar-refractivity contribution is 0.341. The average Bonchev–Trinajstić information content (AvgIpc) is 2.04. The molecule has 0 aliphatic heterocycles. The molecule has 0 aliphatic rings. The maximum atomic E-state index is 4.17. The van der Waals surface area contributed by atoms with Crippen molar-refractivity contribution >= 4 is 12.6 Å². The second-order valence-corrected chi connectivity index (χ2v) is 3.48. The zero-order valence-corrected chi connectivity index (χ0v) is 8.74. The minimum atomic E-state index is 1.05. The van der Waals surface area contributed by atoms with Gasteiger partial charge in [-0.25, -0.2) is 0 Å². The van der Waals surface area contributed by atoms with Gasteiger partial charge in [0.25, 0.3) is 0 Å². The molecule has 0 radical (unpaired) electrons. The van der Waals surface area contributed by atoms with E-state index in [9.17, 15) is 0 Å². The van der Waals surface area contributed by atoms with Crippen molar-refractivity contribution in [3.63, 3.8) is 0 Å². The highest BCUT2D eigenvalue weighted by atomic mass is 32.1. The molecule has 0 fully saturated rings. The highest BCUT2D eigenvalue weighted by Gasteiger charge is 1.93. The first-order chi connectivity index (χ1) is 5.31. The Kier molecular flexibility index (Phi) is 8.64. The summed E-state index contributed by atoms with van der Waals surface area (Å²) in [6, 6.07) is 0. The first kappa shape index (κ1) is 11.3. The molecule has 0 N–H and O–H groups in total.